The number of nitrogens with zero attached hydrogens (tertiary/aromatic N) is 1. The SMILES string of the molecule is O=C=CC(C[C@@H]1CCNC1=C=O)NC(=C=O)C(Cc1ccccc1)NC(=O)c1ccc2ccc(Br)cc2n1. The fraction of sp³-hybridized carbons (Fsp3) is 0.241. The molecule has 1 aliphatic heterocycles. The van der Waals surface area contributed by atoms with Crippen molar-refractivity contribution in [1.29, 1.82) is 0 Å². The Labute approximate surface area is 228 Å². The second-order valence-corrected chi connectivity index (χ2v) is 9.88. The molecule has 0 spiro atoms. The van der Waals surface area contributed by atoms with Crippen molar-refractivity contribution in [2.24, 2.45) is 5.92 Å². The number of aromatic nitrogens is 1. The molecule has 1 aliphatic rings. The van der Waals surface area contributed by atoms with Gasteiger partial charge in [0, 0.05) is 28.4 Å². The number of amides is 1. The highest BCUT2D eigenvalue weighted by atomic mass is 79.9. The van der Waals surface area contributed by atoms with E-state index >= 15 is 0 Å². The molecule has 3 aromatic rings. The van der Waals surface area contributed by atoms with Gasteiger partial charge in [0.2, 0.25) is 0 Å². The van der Waals surface area contributed by atoms with Crippen LogP contribution in [0, 0.1) is 5.92 Å². The van der Waals surface area contributed by atoms with Crippen LogP contribution in [0.4, 0.5) is 0 Å². The number of hydrogen-bond donors (Lipinski definition) is 3. The zero-order valence-corrected chi connectivity index (χ0v) is 22.0. The quantitative estimate of drug-likeness (QED) is 0.319. The Kier molecular flexibility index (Phi) is 9.04. The first-order valence-electron chi connectivity index (χ1n) is 12.1. The van der Waals surface area contributed by atoms with Gasteiger partial charge in [0.15, 0.2) is 0 Å². The molecular weight excluding hydrogens is 548 g/mol. The number of fused-ring (bicyclic) bond motifs is 1. The molecule has 8 nitrogen and oxygen atoms in total. The molecule has 0 radical (unpaired) electrons. The third-order valence-electron chi connectivity index (χ3n) is 6.41. The van der Waals surface area contributed by atoms with E-state index in [1.54, 1.807) is 12.0 Å². The molecule has 1 aromatic heterocycles. The standard InChI is InChI=1S/C29H25BrN4O4/c30-22-8-6-20-7-9-24(33-25(20)16-22)29(38)34-26(14-19-4-2-1-3-5-19)28(18-37)32-23(11-13-35)15-21-10-12-31-27(21)17-36/h1-9,11,16,21,23,26,31-32H,10,12,14-15H2,(H,34,38)/t21-,23?,26?/m0/s1. The molecule has 1 saturated heterocycles. The van der Waals surface area contributed by atoms with Crippen molar-refractivity contribution >= 4 is 50.6 Å². The molecule has 1 amide bonds. The normalized spacial score (nSPS) is 15.8. The van der Waals surface area contributed by atoms with Gasteiger partial charge in [-0.05, 0) is 43.0 Å². The third kappa shape index (κ3) is 6.74. The number of benzene rings is 2. The van der Waals surface area contributed by atoms with Gasteiger partial charge in [-0.15, -0.1) is 0 Å². The zero-order chi connectivity index (χ0) is 26.9. The summed E-state index contributed by atoms with van der Waals surface area (Å²) < 4.78 is 0.840. The van der Waals surface area contributed by atoms with E-state index in [1.165, 1.54) is 6.08 Å². The van der Waals surface area contributed by atoms with Crippen molar-refractivity contribution in [3.63, 3.8) is 0 Å². The van der Waals surface area contributed by atoms with E-state index in [4.69, 9.17) is 0 Å². The molecule has 0 saturated carbocycles. The Bertz CT molecular complexity index is 1470. The van der Waals surface area contributed by atoms with Crippen LogP contribution < -0.4 is 16.0 Å². The lowest BCUT2D eigenvalue weighted by molar-refractivity contribution is 0.0936. The Hall–Kier alpha value is -4.25. The molecular formula is C29H25BrN4O4. The summed E-state index contributed by atoms with van der Waals surface area (Å²) in [5.74, 6) is 4.99. The number of halogens is 1. The molecule has 2 unspecified atom stereocenters. The second kappa shape index (κ2) is 12.8. The van der Waals surface area contributed by atoms with Crippen molar-refractivity contribution in [2.45, 2.75) is 31.3 Å². The summed E-state index contributed by atoms with van der Waals surface area (Å²) >= 11 is 3.42. The summed E-state index contributed by atoms with van der Waals surface area (Å²) in [7, 11) is 0. The van der Waals surface area contributed by atoms with E-state index in [9.17, 15) is 19.2 Å². The van der Waals surface area contributed by atoms with Gasteiger partial charge in [-0.25, -0.2) is 19.4 Å². The van der Waals surface area contributed by atoms with Gasteiger partial charge in [0.05, 0.1) is 23.3 Å². The van der Waals surface area contributed by atoms with E-state index in [-0.39, 0.29) is 17.3 Å². The topological polar surface area (TPSA) is 117 Å². The first kappa shape index (κ1) is 26.8. The number of pyridine rings is 1. The van der Waals surface area contributed by atoms with Crippen LogP contribution in [0.1, 0.15) is 28.9 Å². The Morgan fingerprint density at radius 1 is 1.11 bits per heavy atom. The van der Waals surface area contributed by atoms with Gasteiger partial charge in [0.1, 0.15) is 29.2 Å². The van der Waals surface area contributed by atoms with E-state index in [1.807, 2.05) is 66.5 Å². The van der Waals surface area contributed by atoms with Gasteiger partial charge < -0.3 is 16.0 Å². The van der Waals surface area contributed by atoms with Crippen LogP contribution in [-0.4, -0.2) is 47.3 Å². The van der Waals surface area contributed by atoms with Gasteiger partial charge in [-0.3, -0.25) is 4.79 Å². The van der Waals surface area contributed by atoms with Crippen LogP contribution in [0.15, 0.2) is 82.6 Å². The van der Waals surface area contributed by atoms with Crippen LogP contribution >= 0.6 is 15.9 Å². The number of hydrogen-bond acceptors (Lipinski definition) is 7. The molecule has 9 heteroatoms. The lowest BCUT2D eigenvalue weighted by Gasteiger charge is -2.25. The number of allylic oxidation sites excluding steroid dienone is 1. The highest BCUT2D eigenvalue weighted by molar-refractivity contribution is 9.10. The molecule has 3 atom stereocenters. The molecule has 192 valence electrons. The fourth-order valence-electron chi connectivity index (χ4n) is 4.51. The highest BCUT2D eigenvalue weighted by Gasteiger charge is 2.27. The number of rotatable bonds is 10. The fourth-order valence-corrected chi connectivity index (χ4v) is 4.86. The largest absolute Gasteiger partial charge is 0.379 e. The average Bonchev–Trinajstić information content (AvgIpc) is 3.38. The molecule has 1 fully saturated rings. The second-order valence-electron chi connectivity index (χ2n) is 8.96. The number of nitrogens with one attached hydrogen (secondary N) is 3. The molecule has 2 aromatic carbocycles. The van der Waals surface area contributed by atoms with Crippen molar-refractivity contribution < 1.29 is 19.2 Å². The molecule has 3 N–H and O–H groups in total. The summed E-state index contributed by atoms with van der Waals surface area (Å²) in [6, 6.07) is 17.1. The zero-order valence-electron chi connectivity index (χ0n) is 20.4. The summed E-state index contributed by atoms with van der Waals surface area (Å²) in [6.07, 6.45) is 2.63. The Morgan fingerprint density at radius 2 is 1.89 bits per heavy atom. The van der Waals surface area contributed by atoms with Crippen molar-refractivity contribution in [2.75, 3.05) is 6.54 Å². The first-order valence-corrected chi connectivity index (χ1v) is 12.9. The summed E-state index contributed by atoms with van der Waals surface area (Å²) in [5.41, 5.74) is 2.24. The predicted molar refractivity (Wildman–Crippen MR) is 147 cm³/mol. The molecule has 38 heavy (non-hydrogen) atoms. The maximum absolute atomic E-state index is 13.3. The monoisotopic (exact) mass is 572 g/mol. The minimum absolute atomic E-state index is 0.0739. The van der Waals surface area contributed by atoms with Crippen molar-refractivity contribution in [1.82, 2.24) is 20.9 Å². The summed E-state index contributed by atoms with van der Waals surface area (Å²) in [5, 5.41) is 9.83. The minimum Gasteiger partial charge on any atom is -0.379 e. The van der Waals surface area contributed by atoms with Crippen molar-refractivity contribution in [3.8, 4) is 0 Å². The van der Waals surface area contributed by atoms with Crippen LogP contribution in [0.25, 0.3) is 10.9 Å². The molecule has 2 heterocycles. The summed E-state index contributed by atoms with van der Waals surface area (Å²) in [4.78, 5) is 52.4. The maximum atomic E-state index is 13.3. The summed E-state index contributed by atoms with van der Waals surface area (Å²) in [6.45, 7) is 0.630. The van der Waals surface area contributed by atoms with Crippen LogP contribution in [-0.2, 0) is 20.8 Å². The predicted octanol–water partition coefficient (Wildman–Crippen LogP) is 3.12. The molecule has 4 rings (SSSR count). The minimum atomic E-state index is -0.784. The van der Waals surface area contributed by atoms with Crippen LogP contribution in [0.5, 0.6) is 0 Å². The van der Waals surface area contributed by atoms with Gasteiger partial charge in [-0.2, -0.15) is 0 Å². The van der Waals surface area contributed by atoms with Gasteiger partial charge in [-0.1, -0.05) is 58.4 Å². The van der Waals surface area contributed by atoms with Crippen LogP contribution in [0.2, 0.25) is 0 Å². The van der Waals surface area contributed by atoms with E-state index in [0.29, 0.717) is 37.0 Å². The molecule has 0 bridgehead atoms. The van der Waals surface area contributed by atoms with Gasteiger partial charge >= 0.3 is 0 Å². The van der Waals surface area contributed by atoms with Gasteiger partial charge in [0.25, 0.3) is 5.91 Å². The lowest BCUT2D eigenvalue weighted by atomic mass is 9.95. The third-order valence-corrected chi connectivity index (χ3v) is 6.90. The van der Waals surface area contributed by atoms with E-state index in [0.717, 1.165) is 15.4 Å². The highest BCUT2D eigenvalue weighted by Crippen LogP contribution is 2.23. The molecule has 0 aliphatic carbocycles. The smallest absolute Gasteiger partial charge is 0.270 e. The Balaban J connectivity index is 1.59. The number of carbonyl (C=O) groups is 1. The lowest BCUT2D eigenvalue weighted by Crippen LogP contribution is -2.45. The van der Waals surface area contributed by atoms with Crippen LogP contribution in [0.3, 0.4) is 0 Å². The van der Waals surface area contributed by atoms with E-state index < -0.39 is 18.0 Å². The maximum Gasteiger partial charge on any atom is 0.270 e. The number of carbonyl (C=O) groups excluding carboxylic acids is 4. The van der Waals surface area contributed by atoms with E-state index in [2.05, 4.69) is 36.9 Å². The average molecular weight is 573 g/mol. The Morgan fingerprint density at radius 3 is 2.63 bits per heavy atom. The van der Waals surface area contributed by atoms with Crippen molar-refractivity contribution in [3.05, 3.63) is 93.9 Å². The first-order chi connectivity index (χ1) is 18.5.